The molecule has 0 bridgehead atoms. The van der Waals surface area contributed by atoms with Crippen molar-refractivity contribution in [3.8, 4) is 5.75 Å². The number of methoxy groups -OCH3 is 1. The first-order valence-corrected chi connectivity index (χ1v) is 10.7. The maximum Gasteiger partial charge on any atom is 0.253 e. The van der Waals surface area contributed by atoms with Crippen LogP contribution in [0, 0.1) is 0 Å². The first-order valence-electron chi connectivity index (χ1n) is 10.3. The molecule has 2 N–H and O–H groups in total. The molecule has 32 heavy (non-hydrogen) atoms. The van der Waals surface area contributed by atoms with Crippen LogP contribution in [0.15, 0.2) is 83.9 Å². The van der Waals surface area contributed by atoms with E-state index in [4.69, 9.17) is 17.0 Å². The number of thiocarbonyl (C=S) groups is 1. The molecule has 0 atom stereocenters. The summed E-state index contributed by atoms with van der Waals surface area (Å²) in [6, 6.07) is 21.4. The summed E-state index contributed by atoms with van der Waals surface area (Å²) in [4.78, 5) is 21.9. The fourth-order valence-corrected chi connectivity index (χ4v) is 3.68. The van der Waals surface area contributed by atoms with Crippen molar-refractivity contribution in [3.05, 3.63) is 106 Å². The number of rotatable bonds is 7. The number of hydrogen-bond acceptors (Lipinski definition) is 4. The normalized spacial score (nSPS) is 10.7. The molecule has 7 heteroatoms. The summed E-state index contributed by atoms with van der Waals surface area (Å²) in [5.74, 6) is 0.739. The van der Waals surface area contributed by atoms with Crippen LogP contribution in [0.25, 0.3) is 10.9 Å². The maximum absolute atomic E-state index is 12.8. The van der Waals surface area contributed by atoms with Crippen LogP contribution >= 0.6 is 12.2 Å². The monoisotopic (exact) mass is 444 g/mol. The molecule has 4 aromatic rings. The third-order valence-corrected chi connectivity index (χ3v) is 5.56. The van der Waals surface area contributed by atoms with Crippen molar-refractivity contribution in [2.75, 3.05) is 7.11 Å². The van der Waals surface area contributed by atoms with Gasteiger partial charge in [0.05, 0.1) is 13.7 Å². The smallest absolute Gasteiger partial charge is 0.253 e. The van der Waals surface area contributed by atoms with Crippen molar-refractivity contribution in [1.29, 1.82) is 0 Å². The molecule has 2 heterocycles. The molecule has 0 saturated carbocycles. The fraction of sp³-hybridized carbons (Fsp3) is 0.160. The Labute approximate surface area is 191 Å². The van der Waals surface area contributed by atoms with Crippen LogP contribution < -0.4 is 15.6 Å². The molecule has 0 aliphatic rings. The minimum absolute atomic E-state index is 0.135. The lowest BCUT2D eigenvalue weighted by Gasteiger charge is -2.26. The Hall–Kier alpha value is -3.71. The van der Waals surface area contributed by atoms with Crippen LogP contribution in [0.2, 0.25) is 0 Å². The minimum atomic E-state index is -0.135. The predicted molar refractivity (Wildman–Crippen MR) is 130 cm³/mol. The summed E-state index contributed by atoms with van der Waals surface area (Å²) in [6.07, 6.45) is 3.55. The summed E-state index contributed by atoms with van der Waals surface area (Å²) in [5, 5.41) is 4.80. The van der Waals surface area contributed by atoms with Crippen LogP contribution in [-0.2, 0) is 19.6 Å². The fourth-order valence-electron chi connectivity index (χ4n) is 3.48. The van der Waals surface area contributed by atoms with E-state index in [9.17, 15) is 4.79 Å². The molecule has 6 nitrogen and oxygen atoms in total. The van der Waals surface area contributed by atoms with Gasteiger partial charge in [0.2, 0.25) is 0 Å². The van der Waals surface area contributed by atoms with Gasteiger partial charge < -0.3 is 19.9 Å². The van der Waals surface area contributed by atoms with E-state index < -0.39 is 0 Å². The Bertz CT molecular complexity index is 1260. The molecule has 2 aromatic carbocycles. The standard InChI is InChI=1S/C25H24N4O2S/c1-31-22-9-10-23-20(13-22)12-21(24(30)28-23)17-29(16-19-8-5-11-26-14-19)25(32)27-15-18-6-3-2-4-7-18/h2-14H,15-17H2,1H3,(H,27,32)(H,28,30). The second-order valence-corrected chi connectivity index (χ2v) is 7.83. The number of H-pyrrole nitrogens is 1. The van der Waals surface area contributed by atoms with Gasteiger partial charge in [0.25, 0.3) is 5.56 Å². The largest absolute Gasteiger partial charge is 0.497 e. The lowest BCUT2D eigenvalue weighted by atomic mass is 10.1. The first-order chi connectivity index (χ1) is 15.6. The molecule has 0 aliphatic heterocycles. The molecule has 0 fully saturated rings. The van der Waals surface area contributed by atoms with Gasteiger partial charge in [-0.25, -0.2) is 0 Å². The van der Waals surface area contributed by atoms with Gasteiger partial charge >= 0.3 is 0 Å². The third kappa shape index (κ3) is 5.31. The number of pyridine rings is 2. The summed E-state index contributed by atoms with van der Waals surface area (Å²) < 4.78 is 5.32. The average Bonchev–Trinajstić information content (AvgIpc) is 2.83. The second kappa shape index (κ2) is 10.1. The van der Waals surface area contributed by atoms with E-state index in [0.717, 1.165) is 27.8 Å². The maximum atomic E-state index is 12.8. The molecule has 2 aromatic heterocycles. The zero-order valence-electron chi connectivity index (χ0n) is 17.7. The molecule has 0 amide bonds. The van der Waals surface area contributed by atoms with Gasteiger partial charge in [0.1, 0.15) is 5.75 Å². The van der Waals surface area contributed by atoms with Crippen LogP contribution in [-0.4, -0.2) is 27.1 Å². The second-order valence-electron chi connectivity index (χ2n) is 7.44. The van der Waals surface area contributed by atoms with E-state index in [1.165, 1.54) is 0 Å². The highest BCUT2D eigenvalue weighted by atomic mass is 32.1. The number of ether oxygens (including phenoxy) is 1. The van der Waals surface area contributed by atoms with E-state index in [-0.39, 0.29) is 5.56 Å². The Kier molecular flexibility index (Phi) is 6.77. The SMILES string of the molecule is COc1ccc2[nH]c(=O)c(CN(Cc3cccnc3)C(=S)NCc3ccccc3)cc2c1. The van der Waals surface area contributed by atoms with Gasteiger partial charge in [-0.05, 0) is 53.7 Å². The molecule has 0 aliphatic carbocycles. The quantitative estimate of drug-likeness (QED) is 0.420. The summed E-state index contributed by atoms with van der Waals surface area (Å²) in [5.41, 5.74) is 3.40. The Balaban J connectivity index is 1.59. The molecule has 0 saturated heterocycles. The predicted octanol–water partition coefficient (Wildman–Crippen LogP) is 4.01. The minimum Gasteiger partial charge on any atom is -0.497 e. The van der Waals surface area contributed by atoms with Crippen molar-refractivity contribution in [1.82, 2.24) is 20.2 Å². The molecule has 0 radical (unpaired) electrons. The zero-order valence-corrected chi connectivity index (χ0v) is 18.6. The Morgan fingerprint density at radius 1 is 1.06 bits per heavy atom. The van der Waals surface area contributed by atoms with Crippen LogP contribution in [0.1, 0.15) is 16.7 Å². The van der Waals surface area contributed by atoms with Gasteiger partial charge in [-0.15, -0.1) is 0 Å². The highest BCUT2D eigenvalue weighted by Crippen LogP contribution is 2.19. The number of benzene rings is 2. The molecular formula is C25H24N4O2S. The van der Waals surface area contributed by atoms with Gasteiger partial charge in [-0.1, -0.05) is 36.4 Å². The van der Waals surface area contributed by atoms with Crippen molar-refractivity contribution in [2.24, 2.45) is 0 Å². The van der Waals surface area contributed by atoms with Crippen molar-refractivity contribution in [2.45, 2.75) is 19.6 Å². The molecule has 162 valence electrons. The summed E-state index contributed by atoms with van der Waals surface area (Å²) >= 11 is 5.71. The highest BCUT2D eigenvalue weighted by molar-refractivity contribution is 7.80. The van der Waals surface area contributed by atoms with Gasteiger partial charge in [-0.3, -0.25) is 9.78 Å². The zero-order chi connectivity index (χ0) is 22.3. The van der Waals surface area contributed by atoms with E-state index in [1.807, 2.05) is 77.8 Å². The molecule has 0 unspecified atom stereocenters. The van der Waals surface area contributed by atoms with E-state index >= 15 is 0 Å². The lowest BCUT2D eigenvalue weighted by molar-refractivity contribution is 0.396. The van der Waals surface area contributed by atoms with Gasteiger partial charge in [-0.2, -0.15) is 0 Å². The van der Waals surface area contributed by atoms with Gasteiger partial charge in [0, 0.05) is 41.9 Å². The summed E-state index contributed by atoms with van der Waals surface area (Å²) in [7, 11) is 1.63. The number of aromatic amines is 1. The van der Waals surface area contributed by atoms with E-state index in [2.05, 4.69) is 15.3 Å². The average molecular weight is 445 g/mol. The number of nitrogens with zero attached hydrogens (tertiary/aromatic N) is 2. The Morgan fingerprint density at radius 3 is 2.62 bits per heavy atom. The number of nitrogens with one attached hydrogen (secondary N) is 2. The first kappa shape index (κ1) is 21.5. The van der Waals surface area contributed by atoms with Crippen molar-refractivity contribution < 1.29 is 4.74 Å². The molecule has 4 rings (SSSR count). The lowest BCUT2D eigenvalue weighted by Crippen LogP contribution is -2.39. The topological polar surface area (TPSA) is 70.2 Å². The molecule has 0 spiro atoms. The van der Waals surface area contributed by atoms with E-state index in [1.54, 1.807) is 13.3 Å². The van der Waals surface area contributed by atoms with Crippen molar-refractivity contribution >= 4 is 28.2 Å². The van der Waals surface area contributed by atoms with Crippen LogP contribution in [0.3, 0.4) is 0 Å². The third-order valence-electron chi connectivity index (χ3n) is 5.16. The number of aromatic nitrogens is 2. The number of hydrogen-bond donors (Lipinski definition) is 2. The van der Waals surface area contributed by atoms with Gasteiger partial charge in [0.15, 0.2) is 5.11 Å². The molecular weight excluding hydrogens is 420 g/mol. The van der Waals surface area contributed by atoms with Crippen LogP contribution in [0.5, 0.6) is 5.75 Å². The van der Waals surface area contributed by atoms with Crippen LogP contribution in [0.4, 0.5) is 0 Å². The summed E-state index contributed by atoms with van der Waals surface area (Å²) in [6.45, 7) is 1.50. The number of fused-ring (bicyclic) bond motifs is 1. The Morgan fingerprint density at radius 2 is 1.88 bits per heavy atom. The highest BCUT2D eigenvalue weighted by Gasteiger charge is 2.14. The van der Waals surface area contributed by atoms with Crippen molar-refractivity contribution in [3.63, 3.8) is 0 Å². The van der Waals surface area contributed by atoms with E-state index in [0.29, 0.717) is 30.3 Å².